The van der Waals surface area contributed by atoms with Crippen LogP contribution in [0.2, 0.25) is 0 Å². The van der Waals surface area contributed by atoms with Gasteiger partial charge in [-0.2, -0.15) is 0 Å². The van der Waals surface area contributed by atoms with Crippen molar-refractivity contribution >= 4 is 28.9 Å². The quantitative estimate of drug-likeness (QED) is 0.432. The fraction of sp³-hybridized carbons (Fsp3) is 0.231. The molecule has 0 aliphatic carbocycles. The van der Waals surface area contributed by atoms with Crippen molar-refractivity contribution in [1.82, 2.24) is 15.0 Å². The zero-order valence-corrected chi connectivity index (χ0v) is 19.6. The lowest BCUT2D eigenvalue weighted by Crippen LogP contribution is -2.45. The lowest BCUT2D eigenvalue weighted by atomic mass is 9.73. The number of anilines is 2. The number of nitrogens with zero attached hydrogens (tertiary/aromatic N) is 3. The van der Waals surface area contributed by atoms with Crippen LogP contribution in [0.1, 0.15) is 23.4 Å². The number of hydrogen-bond acceptors (Lipinski definition) is 7. The molecule has 3 N–H and O–H groups in total. The van der Waals surface area contributed by atoms with E-state index >= 15 is 0 Å². The molecule has 1 aliphatic heterocycles. The fourth-order valence-corrected chi connectivity index (χ4v) is 4.90. The molecule has 1 amide bonds. The van der Waals surface area contributed by atoms with E-state index in [0.29, 0.717) is 37.7 Å². The zero-order valence-electron chi connectivity index (χ0n) is 18.8. The Balaban J connectivity index is 1.38. The molecular weight excluding hydrogens is 446 g/mol. The average Bonchev–Trinajstić information content (AvgIpc) is 3.32. The third-order valence-electron chi connectivity index (χ3n) is 6.26. The zero-order chi connectivity index (χ0) is 23.5. The first-order valence-corrected chi connectivity index (χ1v) is 12.0. The first kappa shape index (κ1) is 22.2. The van der Waals surface area contributed by atoms with E-state index in [2.05, 4.69) is 20.3 Å². The standard InChI is InChI=1S/C26H25N5O2S/c1-17-30-22(16-34-17)20-5-9-24(29-15-20)31-25(32)26(10-12-33-13-11-26)21-6-2-18(3-7-21)19-4-8-23(27)28-14-19/h2-9,14-16H,10-13H2,1H3,(H2,27,28)(H,29,31,32). The number of nitrogens with one attached hydrogen (secondary N) is 1. The topological polar surface area (TPSA) is 103 Å². The van der Waals surface area contributed by atoms with Gasteiger partial charge in [-0.05, 0) is 55.2 Å². The number of ether oxygens (including phenoxy) is 1. The van der Waals surface area contributed by atoms with Crippen LogP contribution in [0.15, 0.2) is 66.3 Å². The van der Waals surface area contributed by atoms with Crippen molar-refractivity contribution in [2.24, 2.45) is 0 Å². The third-order valence-corrected chi connectivity index (χ3v) is 7.03. The van der Waals surface area contributed by atoms with Gasteiger partial charge in [-0.3, -0.25) is 4.79 Å². The number of carbonyl (C=O) groups is 1. The number of rotatable bonds is 5. The van der Waals surface area contributed by atoms with Crippen LogP contribution in [0.25, 0.3) is 22.4 Å². The Morgan fingerprint density at radius 2 is 1.68 bits per heavy atom. The van der Waals surface area contributed by atoms with Crippen molar-refractivity contribution in [2.75, 3.05) is 24.3 Å². The summed E-state index contributed by atoms with van der Waals surface area (Å²) in [5.74, 6) is 0.945. The van der Waals surface area contributed by atoms with E-state index in [4.69, 9.17) is 10.5 Å². The van der Waals surface area contributed by atoms with Crippen molar-refractivity contribution < 1.29 is 9.53 Å². The smallest absolute Gasteiger partial charge is 0.236 e. The summed E-state index contributed by atoms with van der Waals surface area (Å²) in [6, 6.07) is 15.6. The van der Waals surface area contributed by atoms with Gasteiger partial charge in [0.1, 0.15) is 11.6 Å². The van der Waals surface area contributed by atoms with Crippen LogP contribution >= 0.6 is 11.3 Å². The van der Waals surface area contributed by atoms with E-state index in [1.54, 1.807) is 29.8 Å². The summed E-state index contributed by atoms with van der Waals surface area (Å²) in [6.07, 6.45) is 4.72. The summed E-state index contributed by atoms with van der Waals surface area (Å²) >= 11 is 1.60. The highest BCUT2D eigenvalue weighted by atomic mass is 32.1. The number of nitrogens with two attached hydrogens (primary N) is 1. The van der Waals surface area contributed by atoms with Crippen LogP contribution in [0, 0.1) is 6.92 Å². The minimum absolute atomic E-state index is 0.0672. The molecule has 34 heavy (non-hydrogen) atoms. The van der Waals surface area contributed by atoms with Crippen LogP contribution in [0.3, 0.4) is 0 Å². The molecular formula is C26H25N5O2S. The van der Waals surface area contributed by atoms with Crippen molar-refractivity contribution in [3.8, 4) is 22.4 Å². The molecule has 1 saturated heterocycles. The summed E-state index contributed by atoms with van der Waals surface area (Å²) in [6.45, 7) is 3.04. The normalized spacial score (nSPS) is 15.1. The van der Waals surface area contributed by atoms with E-state index in [9.17, 15) is 4.79 Å². The molecule has 1 aromatic carbocycles. The van der Waals surface area contributed by atoms with Gasteiger partial charge in [0, 0.05) is 42.1 Å². The van der Waals surface area contributed by atoms with Gasteiger partial charge in [-0.25, -0.2) is 15.0 Å². The maximum absolute atomic E-state index is 13.6. The first-order valence-electron chi connectivity index (χ1n) is 11.1. The number of aromatic nitrogens is 3. The van der Waals surface area contributed by atoms with Crippen LogP contribution in [0.4, 0.5) is 11.6 Å². The second-order valence-corrected chi connectivity index (χ2v) is 9.44. The number of thiazole rings is 1. The molecule has 0 radical (unpaired) electrons. The van der Waals surface area contributed by atoms with Gasteiger partial charge in [-0.15, -0.1) is 11.3 Å². The Labute approximate surface area is 202 Å². The molecule has 0 atom stereocenters. The summed E-state index contributed by atoms with van der Waals surface area (Å²) in [4.78, 5) is 26.7. The molecule has 0 saturated carbocycles. The molecule has 172 valence electrons. The van der Waals surface area contributed by atoms with E-state index < -0.39 is 5.41 Å². The molecule has 4 heterocycles. The largest absolute Gasteiger partial charge is 0.384 e. The van der Waals surface area contributed by atoms with Crippen LogP contribution < -0.4 is 11.1 Å². The maximum atomic E-state index is 13.6. The SMILES string of the molecule is Cc1nc(-c2ccc(NC(=O)C3(c4ccc(-c5ccc(N)nc5)cc4)CCOCC3)nc2)cs1. The van der Waals surface area contributed by atoms with Gasteiger partial charge < -0.3 is 15.8 Å². The lowest BCUT2D eigenvalue weighted by Gasteiger charge is -2.36. The average molecular weight is 472 g/mol. The predicted molar refractivity (Wildman–Crippen MR) is 135 cm³/mol. The highest BCUT2D eigenvalue weighted by molar-refractivity contribution is 7.09. The first-order chi connectivity index (χ1) is 16.5. The Bertz CT molecular complexity index is 1280. The van der Waals surface area contributed by atoms with Gasteiger partial charge in [-0.1, -0.05) is 24.3 Å². The molecule has 4 aromatic rings. The number of carbonyl (C=O) groups excluding carboxylic acids is 1. The molecule has 0 unspecified atom stereocenters. The van der Waals surface area contributed by atoms with E-state index in [1.807, 2.05) is 54.8 Å². The molecule has 7 nitrogen and oxygen atoms in total. The number of amides is 1. The fourth-order valence-electron chi connectivity index (χ4n) is 4.28. The minimum atomic E-state index is -0.678. The van der Waals surface area contributed by atoms with Gasteiger partial charge in [0.05, 0.1) is 16.1 Å². The Hall–Kier alpha value is -3.62. The molecule has 1 fully saturated rings. The van der Waals surface area contributed by atoms with Crippen molar-refractivity contribution in [3.63, 3.8) is 0 Å². The number of pyridine rings is 2. The highest BCUT2D eigenvalue weighted by Gasteiger charge is 2.42. The summed E-state index contributed by atoms with van der Waals surface area (Å²) in [5, 5.41) is 6.05. The third kappa shape index (κ3) is 4.42. The number of nitrogen functional groups attached to an aromatic ring is 1. The number of hydrogen-bond donors (Lipinski definition) is 2. The van der Waals surface area contributed by atoms with E-state index in [1.165, 1.54) is 0 Å². The van der Waals surface area contributed by atoms with Crippen molar-refractivity contribution in [3.05, 3.63) is 76.9 Å². The lowest BCUT2D eigenvalue weighted by molar-refractivity contribution is -0.125. The Kier molecular flexibility index (Phi) is 6.08. The molecule has 8 heteroatoms. The summed E-state index contributed by atoms with van der Waals surface area (Å²) in [5.41, 5.74) is 9.81. The molecule has 0 spiro atoms. The molecule has 1 aliphatic rings. The van der Waals surface area contributed by atoms with Gasteiger partial charge >= 0.3 is 0 Å². The Morgan fingerprint density at radius 3 is 2.29 bits per heavy atom. The van der Waals surface area contributed by atoms with Crippen LogP contribution in [-0.4, -0.2) is 34.1 Å². The number of benzene rings is 1. The number of aryl methyl sites for hydroxylation is 1. The van der Waals surface area contributed by atoms with Gasteiger partial charge in [0.15, 0.2) is 0 Å². The molecule has 3 aromatic heterocycles. The summed E-state index contributed by atoms with van der Waals surface area (Å²) in [7, 11) is 0. The highest BCUT2D eigenvalue weighted by Crippen LogP contribution is 2.37. The van der Waals surface area contributed by atoms with Crippen LogP contribution in [0.5, 0.6) is 0 Å². The Morgan fingerprint density at radius 1 is 0.971 bits per heavy atom. The minimum Gasteiger partial charge on any atom is -0.384 e. The van der Waals surface area contributed by atoms with Crippen LogP contribution in [-0.2, 0) is 14.9 Å². The second-order valence-electron chi connectivity index (χ2n) is 8.38. The molecule has 5 rings (SSSR count). The second kappa shape index (κ2) is 9.32. The van der Waals surface area contributed by atoms with E-state index in [-0.39, 0.29) is 5.91 Å². The monoisotopic (exact) mass is 471 g/mol. The van der Waals surface area contributed by atoms with Crippen molar-refractivity contribution in [1.29, 1.82) is 0 Å². The maximum Gasteiger partial charge on any atom is 0.236 e. The van der Waals surface area contributed by atoms with Gasteiger partial charge in [0.2, 0.25) is 5.91 Å². The van der Waals surface area contributed by atoms with Crippen molar-refractivity contribution in [2.45, 2.75) is 25.2 Å². The summed E-state index contributed by atoms with van der Waals surface area (Å²) < 4.78 is 5.60. The molecule has 0 bridgehead atoms. The predicted octanol–water partition coefficient (Wildman–Crippen LogP) is 4.84. The van der Waals surface area contributed by atoms with Gasteiger partial charge in [0.25, 0.3) is 0 Å². The van der Waals surface area contributed by atoms with E-state index in [0.717, 1.165) is 33.0 Å².